The summed E-state index contributed by atoms with van der Waals surface area (Å²) in [4.78, 5) is 15.8. The van der Waals surface area contributed by atoms with E-state index in [2.05, 4.69) is 10.3 Å². The van der Waals surface area contributed by atoms with Gasteiger partial charge in [-0.15, -0.1) is 0 Å². The standard InChI is InChI=1S/C11H16N2O3/c1-8-4-3-5-9(12-8)10(16)13-11(2,6-14)7-15/h3-5,14-15H,6-7H2,1-2H3,(H,13,16). The van der Waals surface area contributed by atoms with Crippen LogP contribution < -0.4 is 5.32 Å². The number of pyridine rings is 1. The molecule has 1 aromatic heterocycles. The predicted molar refractivity (Wildman–Crippen MR) is 59.0 cm³/mol. The molecule has 0 radical (unpaired) electrons. The number of hydrogen-bond acceptors (Lipinski definition) is 4. The number of rotatable bonds is 4. The van der Waals surface area contributed by atoms with E-state index in [1.165, 1.54) is 0 Å². The molecular weight excluding hydrogens is 208 g/mol. The van der Waals surface area contributed by atoms with Crippen LogP contribution in [0.25, 0.3) is 0 Å². The second-order valence-electron chi connectivity index (χ2n) is 4.00. The fourth-order valence-electron chi connectivity index (χ4n) is 1.14. The normalized spacial score (nSPS) is 11.2. The molecular formula is C11H16N2O3. The number of carbonyl (C=O) groups excluding carboxylic acids is 1. The highest BCUT2D eigenvalue weighted by atomic mass is 16.3. The van der Waals surface area contributed by atoms with Crippen molar-refractivity contribution in [3.05, 3.63) is 29.6 Å². The fraction of sp³-hybridized carbons (Fsp3) is 0.455. The van der Waals surface area contributed by atoms with Crippen molar-refractivity contribution in [1.82, 2.24) is 10.3 Å². The van der Waals surface area contributed by atoms with Gasteiger partial charge in [0.2, 0.25) is 0 Å². The van der Waals surface area contributed by atoms with E-state index >= 15 is 0 Å². The molecule has 5 heteroatoms. The topological polar surface area (TPSA) is 82.5 Å². The Morgan fingerprint density at radius 2 is 2.06 bits per heavy atom. The average molecular weight is 224 g/mol. The number of aromatic nitrogens is 1. The first-order chi connectivity index (χ1) is 7.50. The highest BCUT2D eigenvalue weighted by molar-refractivity contribution is 5.92. The Hall–Kier alpha value is -1.46. The largest absolute Gasteiger partial charge is 0.394 e. The van der Waals surface area contributed by atoms with Crippen LogP contribution >= 0.6 is 0 Å². The molecule has 0 bridgehead atoms. The van der Waals surface area contributed by atoms with Crippen LogP contribution in [0.5, 0.6) is 0 Å². The van der Waals surface area contributed by atoms with Crippen LogP contribution in [0.15, 0.2) is 18.2 Å². The van der Waals surface area contributed by atoms with E-state index in [-0.39, 0.29) is 18.9 Å². The van der Waals surface area contributed by atoms with Crippen molar-refractivity contribution in [2.45, 2.75) is 19.4 Å². The number of carbonyl (C=O) groups is 1. The molecule has 0 spiro atoms. The highest BCUT2D eigenvalue weighted by Gasteiger charge is 2.25. The second kappa shape index (κ2) is 5.05. The van der Waals surface area contributed by atoms with Crippen molar-refractivity contribution < 1.29 is 15.0 Å². The van der Waals surface area contributed by atoms with E-state index in [4.69, 9.17) is 10.2 Å². The van der Waals surface area contributed by atoms with Crippen molar-refractivity contribution in [3.63, 3.8) is 0 Å². The smallest absolute Gasteiger partial charge is 0.270 e. The van der Waals surface area contributed by atoms with Crippen LogP contribution in [-0.4, -0.2) is 39.9 Å². The molecule has 0 unspecified atom stereocenters. The number of amides is 1. The Bertz CT molecular complexity index is 375. The first-order valence-corrected chi connectivity index (χ1v) is 4.98. The molecule has 0 aromatic carbocycles. The monoisotopic (exact) mass is 224 g/mol. The van der Waals surface area contributed by atoms with Gasteiger partial charge in [0.1, 0.15) is 5.69 Å². The number of aliphatic hydroxyl groups excluding tert-OH is 2. The Morgan fingerprint density at radius 1 is 1.44 bits per heavy atom. The van der Waals surface area contributed by atoms with E-state index in [0.29, 0.717) is 0 Å². The Balaban J connectivity index is 2.80. The van der Waals surface area contributed by atoms with Crippen LogP contribution in [-0.2, 0) is 0 Å². The molecule has 0 aliphatic rings. The van der Waals surface area contributed by atoms with Gasteiger partial charge in [-0.3, -0.25) is 4.79 Å². The molecule has 0 saturated carbocycles. The van der Waals surface area contributed by atoms with Crippen LogP contribution in [0.4, 0.5) is 0 Å². The van der Waals surface area contributed by atoms with Crippen molar-refractivity contribution >= 4 is 5.91 Å². The molecule has 0 aliphatic heterocycles. The van der Waals surface area contributed by atoms with Crippen molar-refractivity contribution in [2.75, 3.05) is 13.2 Å². The summed E-state index contributed by atoms with van der Waals surface area (Å²) in [5.41, 5.74) is -0.0156. The molecule has 1 amide bonds. The van der Waals surface area contributed by atoms with Crippen molar-refractivity contribution in [1.29, 1.82) is 0 Å². The zero-order chi connectivity index (χ0) is 12.2. The minimum absolute atomic E-state index is 0.271. The highest BCUT2D eigenvalue weighted by Crippen LogP contribution is 2.04. The summed E-state index contributed by atoms with van der Waals surface area (Å²) in [5, 5.41) is 20.6. The summed E-state index contributed by atoms with van der Waals surface area (Å²) in [7, 11) is 0. The summed E-state index contributed by atoms with van der Waals surface area (Å²) in [6.07, 6.45) is 0. The van der Waals surface area contributed by atoms with Gasteiger partial charge in [0, 0.05) is 5.69 Å². The van der Waals surface area contributed by atoms with Crippen LogP contribution in [0.1, 0.15) is 23.1 Å². The maximum absolute atomic E-state index is 11.7. The first-order valence-electron chi connectivity index (χ1n) is 4.98. The van der Waals surface area contributed by atoms with Crippen molar-refractivity contribution in [2.24, 2.45) is 0 Å². The van der Waals surface area contributed by atoms with Crippen LogP contribution in [0, 0.1) is 6.92 Å². The molecule has 0 fully saturated rings. The van der Waals surface area contributed by atoms with Crippen molar-refractivity contribution in [3.8, 4) is 0 Å². The SMILES string of the molecule is Cc1cccc(C(=O)NC(C)(CO)CO)n1. The quantitative estimate of drug-likeness (QED) is 0.665. The van der Waals surface area contributed by atoms with Gasteiger partial charge in [0.05, 0.1) is 18.8 Å². The summed E-state index contributed by atoms with van der Waals surface area (Å²) < 4.78 is 0. The van der Waals surface area contributed by atoms with Gasteiger partial charge in [-0.05, 0) is 26.0 Å². The lowest BCUT2D eigenvalue weighted by atomic mass is 10.1. The molecule has 1 rings (SSSR count). The minimum Gasteiger partial charge on any atom is -0.394 e. The maximum Gasteiger partial charge on any atom is 0.270 e. The lowest BCUT2D eigenvalue weighted by molar-refractivity contribution is 0.0719. The molecule has 5 nitrogen and oxygen atoms in total. The number of hydrogen-bond donors (Lipinski definition) is 3. The number of aryl methyl sites for hydroxylation is 1. The van der Waals surface area contributed by atoms with Gasteiger partial charge < -0.3 is 15.5 Å². The van der Waals surface area contributed by atoms with E-state index in [1.54, 1.807) is 32.0 Å². The van der Waals surface area contributed by atoms with Crippen LogP contribution in [0.3, 0.4) is 0 Å². The van der Waals surface area contributed by atoms with Gasteiger partial charge in [-0.1, -0.05) is 6.07 Å². The van der Waals surface area contributed by atoms with Gasteiger partial charge in [0.25, 0.3) is 5.91 Å². The average Bonchev–Trinajstić information content (AvgIpc) is 2.29. The maximum atomic E-state index is 11.7. The third-order valence-electron chi connectivity index (χ3n) is 2.23. The fourth-order valence-corrected chi connectivity index (χ4v) is 1.14. The molecule has 1 aromatic rings. The van der Waals surface area contributed by atoms with Gasteiger partial charge in [0.15, 0.2) is 0 Å². The number of aliphatic hydroxyl groups is 2. The molecule has 1 heterocycles. The molecule has 88 valence electrons. The lowest BCUT2D eigenvalue weighted by Gasteiger charge is -2.25. The Kier molecular flexibility index (Phi) is 3.98. The molecule has 0 atom stereocenters. The Morgan fingerprint density at radius 3 is 2.56 bits per heavy atom. The third kappa shape index (κ3) is 3.01. The first kappa shape index (κ1) is 12.6. The predicted octanol–water partition coefficient (Wildman–Crippen LogP) is -0.137. The van der Waals surface area contributed by atoms with Gasteiger partial charge >= 0.3 is 0 Å². The number of nitrogens with one attached hydrogen (secondary N) is 1. The summed E-state index contributed by atoms with van der Waals surface area (Å²) in [6.45, 7) is 2.68. The summed E-state index contributed by atoms with van der Waals surface area (Å²) in [6, 6.07) is 5.10. The van der Waals surface area contributed by atoms with Gasteiger partial charge in [-0.25, -0.2) is 4.98 Å². The molecule has 16 heavy (non-hydrogen) atoms. The lowest BCUT2D eigenvalue weighted by Crippen LogP contribution is -2.51. The molecule has 3 N–H and O–H groups in total. The molecule has 0 saturated heterocycles. The minimum atomic E-state index is -1.03. The second-order valence-corrected chi connectivity index (χ2v) is 4.00. The van der Waals surface area contributed by atoms with E-state index < -0.39 is 11.4 Å². The van der Waals surface area contributed by atoms with Crippen LogP contribution in [0.2, 0.25) is 0 Å². The Labute approximate surface area is 94.1 Å². The van der Waals surface area contributed by atoms with E-state index in [1.807, 2.05) is 0 Å². The number of nitrogens with zero attached hydrogens (tertiary/aromatic N) is 1. The van der Waals surface area contributed by atoms with E-state index in [0.717, 1.165) is 5.69 Å². The van der Waals surface area contributed by atoms with E-state index in [9.17, 15) is 4.79 Å². The summed E-state index contributed by atoms with van der Waals surface area (Å²) >= 11 is 0. The summed E-state index contributed by atoms with van der Waals surface area (Å²) in [5.74, 6) is -0.408. The zero-order valence-electron chi connectivity index (χ0n) is 9.40. The molecule has 0 aliphatic carbocycles. The zero-order valence-corrected chi connectivity index (χ0v) is 9.40. The van der Waals surface area contributed by atoms with Gasteiger partial charge in [-0.2, -0.15) is 0 Å². The third-order valence-corrected chi connectivity index (χ3v) is 2.23.